The maximum Gasteiger partial charge on any atom is 0.221 e. The molecule has 1 aromatic heterocycles. The molecule has 28 heavy (non-hydrogen) atoms. The highest BCUT2D eigenvalue weighted by Crippen LogP contribution is 2.57. The molecule has 4 nitrogen and oxygen atoms in total. The van der Waals surface area contributed by atoms with E-state index in [9.17, 15) is 0 Å². The Kier molecular flexibility index (Phi) is 3.49. The van der Waals surface area contributed by atoms with E-state index in [0.717, 1.165) is 23.0 Å². The van der Waals surface area contributed by atoms with Crippen LogP contribution in [0.15, 0.2) is 48.5 Å². The normalized spacial score (nSPS) is 24.4. The van der Waals surface area contributed by atoms with Crippen LogP contribution in [0.25, 0.3) is 5.69 Å². The van der Waals surface area contributed by atoms with Crippen molar-refractivity contribution in [2.24, 2.45) is 5.92 Å². The quantitative estimate of drug-likeness (QED) is 0.603. The molecule has 2 aromatic carbocycles. The molecule has 0 aliphatic carbocycles. The fraction of sp³-hybridized carbons (Fsp3) is 0.375. The summed E-state index contributed by atoms with van der Waals surface area (Å²) < 4.78 is 14.7. The predicted molar refractivity (Wildman–Crippen MR) is 110 cm³/mol. The number of nitrogens with zero attached hydrogens (tertiary/aromatic N) is 2. The highest BCUT2D eigenvalue weighted by atomic mass is 16.5. The largest absolute Gasteiger partial charge is 0.493 e. The molecule has 0 spiro atoms. The van der Waals surface area contributed by atoms with Gasteiger partial charge < -0.3 is 9.47 Å². The minimum Gasteiger partial charge on any atom is -0.493 e. The van der Waals surface area contributed by atoms with Gasteiger partial charge in [0.25, 0.3) is 0 Å². The van der Waals surface area contributed by atoms with E-state index in [-0.39, 0.29) is 16.9 Å². The van der Waals surface area contributed by atoms with Gasteiger partial charge in [-0.2, -0.15) is 5.10 Å². The van der Waals surface area contributed by atoms with E-state index in [1.54, 1.807) is 0 Å². The SMILES string of the molecule is Cc1ccc(-n2nc(C)c3c2OC(C)(C)[C@H]2COc4ccccc4[C@@]32C)cc1. The lowest BCUT2D eigenvalue weighted by Gasteiger charge is -2.52. The molecule has 0 amide bonds. The molecule has 5 rings (SSSR count). The van der Waals surface area contributed by atoms with Crippen LogP contribution in [-0.2, 0) is 5.41 Å². The molecule has 0 radical (unpaired) electrons. The van der Waals surface area contributed by atoms with Gasteiger partial charge in [0.15, 0.2) is 0 Å². The van der Waals surface area contributed by atoms with E-state index in [4.69, 9.17) is 14.6 Å². The minimum atomic E-state index is -0.385. The summed E-state index contributed by atoms with van der Waals surface area (Å²) in [5, 5.41) is 4.92. The Balaban J connectivity index is 1.80. The highest BCUT2D eigenvalue weighted by molar-refractivity contribution is 5.57. The van der Waals surface area contributed by atoms with Gasteiger partial charge in [0, 0.05) is 22.5 Å². The number of fused-ring (bicyclic) bond motifs is 5. The van der Waals surface area contributed by atoms with Crippen LogP contribution < -0.4 is 9.47 Å². The Morgan fingerprint density at radius 3 is 2.46 bits per heavy atom. The van der Waals surface area contributed by atoms with Gasteiger partial charge in [0.1, 0.15) is 11.4 Å². The second-order valence-corrected chi connectivity index (χ2v) is 8.78. The third-order valence-electron chi connectivity index (χ3n) is 6.56. The third kappa shape index (κ3) is 2.20. The Morgan fingerprint density at radius 1 is 1.00 bits per heavy atom. The molecular formula is C24H26N2O2. The molecule has 2 aliphatic rings. The molecule has 0 bridgehead atoms. The summed E-state index contributed by atoms with van der Waals surface area (Å²) in [5.41, 5.74) is 5.04. The van der Waals surface area contributed by atoms with E-state index in [1.807, 2.05) is 10.7 Å². The summed E-state index contributed by atoms with van der Waals surface area (Å²) in [6.45, 7) is 11.5. The van der Waals surface area contributed by atoms with E-state index >= 15 is 0 Å². The molecule has 0 N–H and O–H groups in total. The Morgan fingerprint density at radius 2 is 1.71 bits per heavy atom. The molecule has 0 unspecified atom stereocenters. The van der Waals surface area contributed by atoms with Crippen molar-refractivity contribution in [2.75, 3.05) is 6.61 Å². The van der Waals surface area contributed by atoms with Gasteiger partial charge in [-0.25, -0.2) is 4.68 Å². The summed E-state index contributed by atoms with van der Waals surface area (Å²) >= 11 is 0. The number of aryl methyl sites for hydroxylation is 2. The summed E-state index contributed by atoms with van der Waals surface area (Å²) in [6, 6.07) is 16.8. The number of para-hydroxylation sites is 1. The average molecular weight is 374 g/mol. The molecule has 0 fully saturated rings. The van der Waals surface area contributed by atoms with Gasteiger partial charge in [0.05, 0.1) is 18.0 Å². The monoisotopic (exact) mass is 374 g/mol. The second-order valence-electron chi connectivity index (χ2n) is 8.78. The summed E-state index contributed by atoms with van der Waals surface area (Å²) in [6.07, 6.45) is 0. The third-order valence-corrected chi connectivity index (χ3v) is 6.56. The molecule has 3 heterocycles. The van der Waals surface area contributed by atoms with Gasteiger partial charge in [-0.1, -0.05) is 42.8 Å². The summed E-state index contributed by atoms with van der Waals surface area (Å²) in [5.74, 6) is 2.01. The van der Waals surface area contributed by atoms with Crippen LogP contribution in [-0.4, -0.2) is 22.0 Å². The molecule has 4 heteroatoms. The van der Waals surface area contributed by atoms with Crippen LogP contribution >= 0.6 is 0 Å². The highest BCUT2D eigenvalue weighted by Gasteiger charge is 2.57. The molecule has 2 aliphatic heterocycles. The first-order chi connectivity index (χ1) is 13.3. The van der Waals surface area contributed by atoms with Crippen molar-refractivity contribution in [1.29, 1.82) is 0 Å². The van der Waals surface area contributed by atoms with Gasteiger partial charge in [-0.15, -0.1) is 0 Å². The smallest absolute Gasteiger partial charge is 0.221 e. The van der Waals surface area contributed by atoms with Crippen molar-refractivity contribution < 1.29 is 9.47 Å². The zero-order chi connectivity index (χ0) is 19.7. The fourth-order valence-corrected chi connectivity index (χ4v) is 5.13. The molecule has 144 valence electrons. The zero-order valence-electron chi connectivity index (χ0n) is 17.1. The van der Waals surface area contributed by atoms with Crippen molar-refractivity contribution in [1.82, 2.24) is 9.78 Å². The molecule has 0 saturated heterocycles. The van der Waals surface area contributed by atoms with E-state index in [1.165, 1.54) is 16.7 Å². The van der Waals surface area contributed by atoms with Crippen molar-refractivity contribution in [3.8, 4) is 17.3 Å². The van der Waals surface area contributed by atoms with Crippen LogP contribution in [0.3, 0.4) is 0 Å². The molecule has 2 atom stereocenters. The lowest BCUT2D eigenvalue weighted by molar-refractivity contribution is -0.0440. The summed E-state index contributed by atoms with van der Waals surface area (Å²) in [4.78, 5) is 0. The number of ether oxygens (including phenoxy) is 2. The van der Waals surface area contributed by atoms with Crippen LogP contribution in [0.1, 0.15) is 43.2 Å². The van der Waals surface area contributed by atoms with Crippen LogP contribution in [0.2, 0.25) is 0 Å². The number of hydrogen-bond donors (Lipinski definition) is 0. The Bertz CT molecular complexity index is 1060. The maximum atomic E-state index is 6.63. The van der Waals surface area contributed by atoms with Gasteiger partial charge in [-0.3, -0.25) is 0 Å². The fourth-order valence-electron chi connectivity index (χ4n) is 5.13. The van der Waals surface area contributed by atoms with Crippen molar-refractivity contribution in [2.45, 2.75) is 45.6 Å². The van der Waals surface area contributed by atoms with Crippen LogP contribution in [0.4, 0.5) is 0 Å². The predicted octanol–water partition coefficient (Wildman–Crippen LogP) is 4.97. The Labute approximate surface area is 166 Å². The van der Waals surface area contributed by atoms with Gasteiger partial charge in [0.2, 0.25) is 5.88 Å². The average Bonchev–Trinajstić information content (AvgIpc) is 2.98. The van der Waals surface area contributed by atoms with Crippen LogP contribution in [0, 0.1) is 19.8 Å². The van der Waals surface area contributed by atoms with Gasteiger partial charge in [-0.05, 0) is 45.9 Å². The summed E-state index contributed by atoms with van der Waals surface area (Å²) in [7, 11) is 0. The van der Waals surface area contributed by atoms with Crippen molar-refractivity contribution in [3.05, 3.63) is 70.9 Å². The minimum absolute atomic E-state index is 0.191. The lowest BCUT2D eigenvalue weighted by Crippen LogP contribution is -2.57. The number of benzene rings is 2. The van der Waals surface area contributed by atoms with Crippen molar-refractivity contribution >= 4 is 0 Å². The lowest BCUT2D eigenvalue weighted by atomic mass is 9.60. The maximum absolute atomic E-state index is 6.63. The number of hydrogen-bond acceptors (Lipinski definition) is 3. The topological polar surface area (TPSA) is 36.3 Å². The second kappa shape index (κ2) is 5.63. The zero-order valence-corrected chi connectivity index (χ0v) is 17.1. The number of aromatic nitrogens is 2. The van der Waals surface area contributed by atoms with E-state index < -0.39 is 0 Å². The molecule has 0 saturated carbocycles. The first kappa shape index (κ1) is 17.4. The molecule has 3 aromatic rings. The number of rotatable bonds is 1. The van der Waals surface area contributed by atoms with Crippen molar-refractivity contribution in [3.63, 3.8) is 0 Å². The standard InChI is InChI=1S/C24H26N2O2/c1-15-10-12-17(13-11-15)26-22-21(16(2)25-26)24(5)18-8-6-7-9-19(18)27-14-20(24)23(3,4)28-22/h6-13,20H,14H2,1-5H3/t20-,24-/m1/s1. The first-order valence-corrected chi connectivity index (χ1v) is 9.91. The van der Waals surface area contributed by atoms with Gasteiger partial charge >= 0.3 is 0 Å². The van der Waals surface area contributed by atoms with E-state index in [2.05, 4.69) is 77.1 Å². The van der Waals surface area contributed by atoms with E-state index in [0.29, 0.717) is 6.61 Å². The first-order valence-electron chi connectivity index (χ1n) is 9.91. The molecular weight excluding hydrogens is 348 g/mol. The Hall–Kier alpha value is -2.75. The van der Waals surface area contributed by atoms with Crippen LogP contribution in [0.5, 0.6) is 11.6 Å².